The topological polar surface area (TPSA) is 49.3 Å². The van der Waals surface area contributed by atoms with Gasteiger partial charge in [0, 0.05) is 16.0 Å². The predicted octanol–water partition coefficient (Wildman–Crippen LogP) is 6.16. The second-order valence-electron chi connectivity index (χ2n) is 7.41. The number of para-hydroxylation sites is 1. The molecular formula is C23H17Cl2NO2. The summed E-state index contributed by atoms with van der Waals surface area (Å²) < 4.78 is 0. The number of rotatable bonds is 2. The molecule has 0 fully saturated rings. The Morgan fingerprint density at radius 3 is 2.54 bits per heavy atom. The van der Waals surface area contributed by atoms with Crippen molar-refractivity contribution in [2.45, 2.75) is 18.4 Å². The van der Waals surface area contributed by atoms with Gasteiger partial charge >= 0.3 is 5.97 Å². The summed E-state index contributed by atoms with van der Waals surface area (Å²) in [5, 5.41) is 14.4. The summed E-state index contributed by atoms with van der Waals surface area (Å²) in [6.45, 7) is 0. The minimum absolute atomic E-state index is 0.102. The average molecular weight is 410 g/mol. The Bertz CT molecular complexity index is 1110. The van der Waals surface area contributed by atoms with Gasteiger partial charge in [-0.2, -0.15) is 0 Å². The zero-order chi connectivity index (χ0) is 19.4. The lowest BCUT2D eigenvalue weighted by Crippen LogP contribution is -2.31. The number of aromatic carboxylic acids is 1. The van der Waals surface area contributed by atoms with Crippen LogP contribution < -0.4 is 5.32 Å². The molecule has 0 spiro atoms. The molecule has 0 saturated heterocycles. The number of anilines is 1. The van der Waals surface area contributed by atoms with Crippen molar-refractivity contribution in [3.05, 3.63) is 98.5 Å². The summed E-state index contributed by atoms with van der Waals surface area (Å²) in [5.74, 6) is -0.564. The van der Waals surface area contributed by atoms with Crippen molar-refractivity contribution in [2.24, 2.45) is 5.92 Å². The molecule has 2 aliphatic rings. The Morgan fingerprint density at radius 1 is 0.964 bits per heavy atom. The average Bonchev–Trinajstić information content (AvgIpc) is 3.07. The molecule has 28 heavy (non-hydrogen) atoms. The SMILES string of the molecule is O=C(O)c1cccc2c1N[C@H](c1ccc(Cl)cc1Cl)[C@H]1Cc3ccccc3[C@H]21. The van der Waals surface area contributed by atoms with E-state index in [1.54, 1.807) is 12.1 Å². The maximum Gasteiger partial charge on any atom is 0.337 e. The lowest BCUT2D eigenvalue weighted by atomic mass is 9.75. The van der Waals surface area contributed by atoms with Crippen molar-refractivity contribution < 1.29 is 9.90 Å². The van der Waals surface area contributed by atoms with Gasteiger partial charge in [0.15, 0.2) is 0 Å². The fourth-order valence-corrected chi connectivity index (χ4v) is 5.35. The molecule has 3 aromatic carbocycles. The molecular weight excluding hydrogens is 393 g/mol. The standard InChI is InChI=1S/C23H17Cl2NO2/c24-13-8-9-15(19(25)11-13)21-18-10-12-4-1-2-5-14(12)20(18)16-6-3-7-17(23(27)28)22(16)26-21/h1-9,11,18,20-21,26H,10H2,(H,27,28)/t18-,20+,21+/m0/s1. The molecule has 1 aliphatic carbocycles. The Hall–Kier alpha value is -2.49. The van der Waals surface area contributed by atoms with Gasteiger partial charge in [0.2, 0.25) is 0 Å². The Morgan fingerprint density at radius 2 is 1.75 bits per heavy atom. The van der Waals surface area contributed by atoms with Gasteiger partial charge in [0.05, 0.1) is 17.3 Å². The van der Waals surface area contributed by atoms with Crippen LogP contribution in [-0.2, 0) is 6.42 Å². The van der Waals surface area contributed by atoms with Gasteiger partial charge < -0.3 is 10.4 Å². The molecule has 0 aromatic heterocycles. The van der Waals surface area contributed by atoms with Crippen LogP contribution in [0.15, 0.2) is 60.7 Å². The van der Waals surface area contributed by atoms with Crippen LogP contribution in [0.1, 0.15) is 44.6 Å². The first kappa shape index (κ1) is 17.6. The van der Waals surface area contributed by atoms with Gasteiger partial charge in [-0.3, -0.25) is 0 Å². The molecule has 0 radical (unpaired) electrons. The highest BCUT2D eigenvalue weighted by Gasteiger charge is 2.44. The fourth-order valence-electron chi connectivity index (χ4n) is 4.83. The highest BCUT2D eigenvalue weighted by atomic mass is 35.5. The zero-order valence-corrected chi connectivity index (χ0v) is 16.3. The largest absolute Gasteiger partial charge is 0.478 e. The maximum atomic E-state index is 11.9. The summed E-state index contributed by atoms with van der Waals surface area (Å²) in [4.78, 5) is 11.9. The molecule has 3 aromatic rings. The van der Waals surface area contributed by atoms with E-state index in [1.165, 1.54) is 11.1 Å². The predicted molar refractivity (Wildman–Crippen MR) is 112 cm³/mol. The smallest absolute Gasteiger partial charge is 0.337 e. The number of carboxylic acids is 1. The number of hydrogen-bond donors (Lipinski definition) is 2. The van der Waals surface area contributed by atoms with Gasteiger partial charge in [-0.15, -0.1) is 0 Å². The number of halogens is 2. The molecule has 1 heterocycles. The Labute approximate surface area is 172 Å². The number of hydrogen-bond acceptors (Lipinski definition) is 2. The van der Waals surface area contributed by atoms with E-state index in [4.69, 9.17) is 23.2 Å². The van der Waals surface area contributed by atoms with Crippen LogP contribution >= 0.6 is 23.2 Å². The lowest BCUT2D eigenvalue weighted by molar-refractivity contribution is 0.0697. The molecule has 5 heteroatoms. The van der Waals surface area contributed by atoms with Crippen molar-refractivity contribution in [3.63, 3.8) is 0 Å². The first-order chi connectivity index (χ1) is 13.5. The second-order valence-corrected chi connectivity index (χ2v) is 8.25. The van der Waals surface area contributed by atoms with E-state index in [0.717, 1.165) is 17.5 Å². The molecule has 0 unspecified atom stereocenters. The van der Waals surface area contributed by atoms with E-state index < -0.39 is 5.97 Å². The number of fused-ring (bicyclic) bond motifs is 5. The molecule has 1 aliphatic heterocycles. The van der Waals surface area contributed by atoms with E-state index in [2.05, 4.69) is 23.5 Å². The minimum Gasteiger partial charge on any atom is -0.478 e. The van der Waals surface area contributed by atoms with Crippen molar-refractivity contribution >= 4 is 34.9 Å². The summed E-state index contributed by atoms with van der Waals surface area (Å²) in [5.41, 5.74) is 5.53. The van der Waals surface area contributed by atoms with E-state index in [-0.39, 0.29) is 23.4 Å². The van der Waals surface area contributed by atoms with Gasteiger partial charge in [-0.05, 0) is 52.8 Å². The first-order valence-electron chi connectivity index (χ1n) is 9.20. The van der Waals surface area contributed by atoms with Gasteiger partial charge in [-0.1, -0.05) is 65.7 Å². The van der Waals surface area contributed by atoms with Crippen LogP contribution in [0.25, 0.3) is 0 Å². The molecule has 0 amide bonds. The summed E-state index contributed by atoms with van der Waals surface area (Å²) in [7, 11) is 0. The molecule has 0 saturated carbocycles. The molecule has 0 bridgehead atoms. The summed E-state index contributed by atoms with van der Waals surface area (Å²) in [6, 6.07) is 19.4. The van der Waals surface area contributed by atoms with Gasteiger partial charge in [0.1, 0.15) is 0 Å². The van der Waals surface area contributed by atoms with Crippen LogP contribution in [0.2, 0.25) is 10.0 Å². The third kappa shape index (κ3) is 2.61. The van der Waals surface area contributed by atoms with E-state index in [9.17, 15) is 9.90 Å². The molecule has 140 valence electrons. The number of nitrogens with one attached hydrogen (secondary N) is 1. The van der Waals surface area contributed by atoms with Crippen LogP contribution in [0.3, 0.4) is 0 Å². The van der Waals surface area contributed by atoms with Crippen LogP contribution in [0.4, 0.5) is 5.69 Å². The van der Waals surface area contributed by atoms with Crippen molar-refractivity contribution in [1.82, 2.24) is 0 Å². The van der Waals surface area contributed by atoms with Crippen molar-refractivity contribution in [2.75, 3.05) is 5.32 Å². The third-order valence-electron chi connectivity index (χ3n) is 5.96. The Balaban J connectivity index is 1.74. The lowest BCUT2D eigenvalue weighted by Gasteiger charge is -2.39. The third-order valence-corrected chi connectivity index (χ3v) is 6.52. The molecule has 5 rings (SSSR count). The normalized spacial score (nSPS) is 22.0. The van der Waals surface area contributed by atoms with Crippen molar-refractivity contribution in [1.29, 1.82) is 0 Å². The minimum atomic E-state index is -0.935. The van der Waals surface area contributed by atoms with E-state index in [1.807, 2.05) is 30.3 Å². The maximum absolute atomic E-state index is 11.9. The molecule has 3 atom stereocenters. The second kappa shape index (κ2) is 6.54. The summed E-state index contributed by atoms with van der Waals surface area (Å²) >= 11 is 12.7. The van der Waals surface area contributed by atoms with Crippen LogP contribution in [-0.4, -0.2) is 11.1 Å². The van der Waals surface area contributed by atoms with Crippen LogP contribution in [0, 0.1) is 5.92 Å². The number of benzene rings is 3. The van der Waals surface area contributed by atoms with Gasteiger partial charge in [0.25, 0.3) is 0 Å². The molecule has 3 nitrogen and oxygen atoms in total. The number of carbonyl (C=O) groups is 1. The van der Waals surface area contributed by atoms with Crippen LogP contribution in [0.5, 0.6) is 0 Å². The summed E-state index contributed by atoms with van der Waals surface area (Å²) in [6.07, 6.45) is 0.911. The Kier molecular flexibility index (Phi) is 4.11. The molecule has 2 N–H and O–H groups in total. The zero-order valence-electron chi connectivity index (χ0n) is 14.8. The van der Waals surface area contributed by atoms with E-state index >= 15 is 0 Å². The number of carboxylic acid groups (broad SMARTS) is 1. The first-order valence-corrected chi connectivity index (χ1v) is 9.95. The monoisotopic (exact) mass is 409 g/mol. The van der Waals surface area contributed by atoms with Crippen molar-refractivity contribution in [3.8, 4) is 0 Å². The highest BCUT2D eigenvalue weighted by molar-refractivity contribution is 6.35. The van der Waals surface area contributed by atoms with Gasteiger partial charge in [-0.25, -0.2) is 4.79 Å². The fraction of sp³-hybridized carbons (Fsp3) is 0.174. The quantitative estimate of drug-likeness (QED) is 0.532. The van der Waals surface area contributed by atoms with E-state index in [0.29, 0.717) is 15.7 Å². The highest BCUT2D eigenvalue weighted by Crippen LogP contribution is 2.55.